The topological polar surface area (TPSA) is 65.1 Å². The Morgan fingerprint density at radius 3 is 3.00 bits per heavy atom. The molecule has 94 valence electrons. The van der Waals surface area contributed by atoms with Crippen LogP contribution in [0.3, 0.4) is 0 Å². The third-order valence-corrected chi connectivity index (χ3v) is 3.40. The SMILES string of the molecule is N#CC1=C(N)NC=C2CN(c3cccc(Cl)c3)C=C21. The number of allylic oxidation sites excluding steroid dienone is 1. The summed E-state index contributed by atoms with van der Waals surface area (Å²) in [4.78, 5) is 2.05. The molecule has 0 saturated heterocycles. The van der Waals surface area contributed by atoms with E-state index in [2.05, 4.69) is 11.4 Å². The molecule has 0 aromatic heterocycles. The van der Waals surface area contributed by atoms with Gasteiger partial charge in [0.1, 0.15) is 17.5 Å². The number of anilines is 1. The molecule has 0 fully saturated rings. The number of fused-ring (bicyclic) bond motifs is 1. The second-order valence-corrected chi connectivity index (χ2v) is 4.80. The lowest BCUT2D eigenvalue weighted by molar-refractivity contribution is 0.962. The smallest absolute Gasteiger partial charge is 0.119 e. The molecule has 0 bridgehead atoms. The normalized spacial score (nSPS) is 17.4. The van der Waals surface area contributed by atoms with Gasteiger partial charge >= 0.3 is 0 Å². The second kappa shape index (κ2) is 4.38. The highest BCUT2D eigenvalue weighted by molar-refractivity contribution is 6.30. The van der Waals surface area contributed by atoms with Crippen LogP contribution >= 0.6 is 11.6 Å². The zero-order valence-corrected chi connectivity index (χ0v) is 10.8. The van der Waals surface area contributed by atoms with Gasteiger partial charge in [0.25, 0.3) is 0 Å². The number of hydrogen-bond acceptors (Lipinski definition) is 4. The van der Waals surface area contributed by atoms with E-state index in [1.165, 1.54) is 0 Å². The van der Waals surface area contributed by atoms with Crippen molar-refractivity contribution in [2.24, 2.45) is 5.73 Å². The van der Waals surface area contributed by atoms with Crippen molar-refractivity contribution in [1.82, 2.24) is 5.32 Å². The number of benzene rings is 1. The van der Waals surface area contributed by atoms with E-state index >= 15 is 0 Å². The molecule has 4 nitrogen and oxygen atoms in total. The molecule has 0 unspecified atom stereocenters. The van der Waals surface area contributed by atoms with Gasteiger partial charge in [0.15, 0.2) is 0 Å². The van der Waals surface area contributed by atoms with Gasteiger partial charge in [-0.25, -0.2) is 0 Å². The van der Waals surface area contributed by atoms with Crippen LogP contribution in [0, 0.1) is 11.3 Å². The summed E-state index contributed by atoms with van der Waals surface area (Å²) in [5.41, 5.74) is 9.18. The van der Waals surface area contributed by atoms with E-state index in [4.69, 9.17) is 17.3 Å². The highest BCUT2D eigenvalue weighted by Crippen LogP contribution is 2.33. The van der Waals surface area contributed by atoms with Gasteiger partial charge in [-0.1, -0.05) is 17.7 Å². The van der Waals surface area contributed by atoms with Crippen LogP contribution in [0.5, 0.6) is 0 Å². The van der Waals surface area contributed by atoms with Crippen molar-refractivity contribution in [2.75, 3.05) is 11.4 Å². The van der Waals surface area contributed by atoms with Crippen molar-refractivity contribution in [3.8, 4) is 6.07 Å². The Hall–Kier alpha value is -2.38. The zero-order chi connectivity index (χ0) is 13.4. The third-order valence-electron chi connectivity index (χ3n) is 3.16. The summed E-state index contributed by atoms with van der Waals surface area (Å²) >= 11 is 6.00. The second-order valence-electron chi connectivity index (χ2n) is 4.36. The Bertz CT molecular complexity index is 679. The number of nitrogens with zero attached hydrogens (tertiary/aromatic N) is 2. The molecule has 5 heteroatoms. The maximum absolute atomic E-state index is 9.17. The average Bonchev–Trinajstić information content (AvgIpc) is 2.83. The molecule has 1 aromatic rings. The van der Waals surface area contributed by atoms with E-state index in [0.717, 1.165) is 16.8 Å². The molecule has 3 rings (SSSR count). The van der Waals surface area contributed by atoms with E-state index in [1.54, 1.807) is 0 Å². The molecule has 19 heavy (non-hydrogen) atoms. The third kappa shape index (κ3) is 1.94. The van der Waals surface area contributed by atoms with Crippen molar-refractivity contribution >= 4 is 17.3 Å². The highest BCUT2D eigenvalue weighted by atomic mass is 35.5. The van der Waals surface area contributed by atoms with Crippen molar-refractivity contribution in [3.05, 3.63) is 64.2 Å². The standard InChI is InChI=1S/C14H11ClN4/c15-10-2-1-3-11(4-10)19-7-9-6-18-14(17)12(5-16)13(9)8-19/h1-4,6,8,18H,7,17H2. The summed E-state index contributed by atoms with van der Waals surface area (Å²) in [5, 5.41) is 12.8. The van der Waals surface area contributed by atoms with E-state index in [0.29, 0.717) is 23.0 Å². The molecule has 2 aliphatic rings. The molecule has 3 N–H and O–H groups in total. The van der Waals surface area contributed by atoms with Crippen LogP contribution in [0.1, 0.15) is 0 Å². The van der Waals surface area contributed by atoms with Crippen LogP contribution in [-0.4, -0.2) is 6.54 Å². The van der Waals surface area contributed by atoms with Gasteiger partial charge in [0, 0.05) is 35.2 Å². The van der Waals surface area contributed by atoms with Crippen molar-refractivity contribution in [2.45, 2.75) is 0 Å². The van der Waals surface area contributed by atoms with Gasteiger partial charge in [-0.3, -0.25) is 0 Å². The molecular weight excluding hydrogens is 260 g/mol. The van der Waals surface area contributed by atoms with Gasteiger partial charge in [0.2, 0.25) is 0 Å². The zero-order valence-electron chi connectivity index (χ0n) is 10.0. The largest absolute Gasteiger partial charge is 0.384 e. The monoisotopic (exact) mass is 270 g/mol. The number of nitriles is 1. The first kappa shape index (κ1) is 11.7. The molecule has 0 aliphatic carbocycles. The highest BCUT2D eigenvalue weighted by Gasteiger charge is 2.26. The minimum Gasteiger partial charge on any atom is -0.384 e. The predicted molar refractivity (Wildman–Crippen MR) is 74.9 cm³/mol. The number of hydrogen-bond donors (Lipinski definition) is 2. The molecule has 0 radical (unpaired) electrons. The van der Waals surface area contributed by atoms with E-state index in [9.17, 15) is 5.26 Å². The Balaban J connectivity index is 2.01. The summed E-state index contributed by atoms with van der Waals surface area (Å²) in [5.74, 6) is 0.394. The fraction of sp³-hybridized carbons (Fsp3) is 0.0714. The summed E-state index contributed by atoms with van der Waals surface area (Å²) in [7, 11) is 0. The molecule has 1 aromatic carbocycles. The van der Waals surface area contributed by atoms with E-state index in [1.807, 2.05) is 41.6 Å². The van der Waals surface area contributed by atoms with Crippen LogP contribution in [0.4, 0.5) is 5.69 Å². The first-order valence-electron chi connectivity index (χ1n) is 5.79. The Kier molecular flexibility index (Phi) is 2.69. The fourth-order valence-electron chi connectivity index (χ4n) is 2.22. The van der Waals surface area contributed by atoms with Crippen LogP contribution in [0.15, 0.2) is 59.2 Å². The lowest BCUT2D eigenvalue weighted by Crippen LogP contribution is -2.22. The van der Waals surface area contributed by atoms with Gasteiger partial charge < -0.3 is 16.0 Å². The quantitative estimate of drug-likeness (QED) is 0.821. The molecule has 2 heterocycles. The minimum atomic E-state index is 0.394. The summed E-state index contributed by atoms with van der Waals surface area (Å²) in [6.45, 7) is 0.696. The van der Waals surface area contributed by atoms with Crippen molar-refractivity contribution < 1.29 is 0 Å². The lowest BCUT2D eigenvalue weighted by Gasteiger charge is -2.16. The maximum Gasteiger partial charge on any atom is 0.119 e. The first-order chi connectivity index (χ1) is 9.19. The molecule has 2 aliphatic heterocycles. The Morgan fingerprint density at radius 1 is 1.42 bits per heavy atom. The fourth-order valence-corrected chi connectivity index (χ4v) is 2.41. The van der Waals surface area contributed by atoms with Gasteiger partial charge in [-0.05, 0) is 23.8 Å². The molecular formula is C14H11ClN4. The van der Waals surface area contributed by atoms with E-state index < -0.39 is 0 Å². The number of halogens is 1. The maximum atomic E-state index is 9.17. The minimum absolute atomic E-state index is 0.394. The molecule has 0 spiro atoms. The average molecular weight is 271 g/mol. The summed E-state index contributed by atoms with van der Waals surface area (Å²) < 4.78 is 0. The first-order valence-corrected chi connectivity index (χ1v) is 6.17. The number of dihydropyridines is 1. The number of nitrogens with two attached hydrogens (primary N) is 1. The predicted octanol–water partition coefficient (Wildman–Crippen LogP) is 2.22. The summed E-state index contributed by atoms with van der Waals surface area (Å²) in [6, 6.07) is 9.75. The molecule has 0 atom stereocenters. The van der Waals surface area contributed by atoms with Crippen LogP contribution in [0.2, 0.25) is 5.02 Å². The van der Waals surface area contributed by atoms with Crippen LogP contribution in [-0.2, 0) is 0 Å². The summed E-state index contributed by atoms with van der Waals surface area (Å²) in [6.07, 6.45) is 3.77. The Labute approximate surface area is 116 Å². The van der Waals surface area contributed by atoms with Gasteiger partial charge in [0.05, 0.1) is 0 Å². The number of nitrogens with one attached hydrogen (secondary N) is 1. The molecule has 0 amide bonds. The van der Waals surface area contributed by atoms with Crippen molar-refractivity contribution in [3.63, 3.8) is 0 Å². The molecule has 0 saturated carbocycles. The van der Waals surface area contributed by atoms with Crippen LogP contribution < -0.4 is 16.0 Å². The van der Waals surface area contributed by atoms with Gasteiger partial charge in [-0.15, -0.1) is 0 Å². The lowest BCUT2D eigenvalue weighted by atomic mass is 10.0. The van der Waals surface area contributed by atoms with Gasteiger partial charge in [-0.2, -0.15) is 5.26 Å². The number of rotatable bonds is 1. The van der Waals surface area contributed by atoms with Crippen LogP contribution in [0.25, 0.3) is 0 Å². The van der Waals surface area contributed by atoms with E-state index in [-0.39, 0.29) is 0 Å². The Morgan fingerprint density at radius 2 is 2.26 bits per heavy atom. The van der Waals surface area contributed by atoms with Crippen molar-refractivity contribution in [1.29, 1.82) is 5.26 Å².